The molecule has 0 fully saturated rings. The van der Waals surface area contributed by atoms with E-state index in [1.807, 2.05) is 18.2 Å². The number of halogens is 1. The molecule has 14 heavy (non-hydrogen) atoms. The van der Waals surface area contributed by atoms with Crippen LogP contribution in [0, 0.1) is 5.82 Å². The second-order valence-corrected chi connectivity index (χ2v) is 3.43. The molecule has 0 heterocycles. The van der Waals surface area contributed by atoms with Crippen molar-refractivity contribution in [3.05, 3.63) is 48.3 Å². The normalized spacial score (nSPS) is 12.4. The highest BCUT2D eigenvalue weighted by Crippen LogP contribution is 2.05. The molecule has 1 nitrogen and oxygen atoms in total. The van der Waals surface area contributed by atoms with Gasteiger partial charge in [-0.05, 0) is 31.0 Å². The molecule has 2 heteroatoms. The maximum absolute atomic E-state index is 12.6. The number of rotatable bonds is 5. The summed E-state index contributed by atoms with van der Waals surface area (Å²) < 4.78 is 12.6. The molecule has 0 amide bonds. The molecular formula is C12H16FN. The quantitative estimate of drug-likeness (QED) is 0.708. The predicted molar refractivity (Wildman–Crippen MR) is 57.8 cm³/mol. The van der Waals surface area contributed by atoms with Gasteiger partial charge in [0.1, 0.15) is 5.82 Å². The summed E-state index contributed by atoms with van der Waals surface area (Å²) in [4.78, 5) is 0. The first-order chi connectivity index (χ1) is 6.72. The zero-order chi connectivity index (χ0) is 10.4. The molecule has 0 aliphatic carbocycles. The zero-order valence-corrected chi connectivity index (χ0v) is 8.46. The number of hydrogen-bond acceptors (Lipinski definition) is 1. The predicted octanol–water partition coefficient (Wildman–Crippen LogP) is 2.53. The summed E-state index contributed by atoms with van der Waals surface area (Å²) in [6.07, 6.45) is 2.75. The van der Waals surface area contributed by atoms with E-state index in [0.29, 0.717) is 6.04 Å². The van der Waals surface area contributed by atoms with Crippen molar-refractivity contribution >= 4 is 0 Å². The minimum atomic E-state index is -0.180. The van der Waals surface area contributed by atoms with Gasteiger partial charge in [-0.3, -0.25) is 0 Å². The molecule has 1 N–H and O–H groups in total. The van der Waals surface area contributed by atoms with Crippen LogP contribution >= 0.6 is 0 Å². The van der Waals surface area contributed by atoms with Crippen LogP contribution in [0.25, 0.3) is 0 Å². The second-order valence-electron chi connectivity index (χ2n) is 3.43. The fourth-order valence-electron chi connectivity index (χ4n) is 1.33. The van der Waals surface area contributed by atoms with Crippen molar-refractivity contribution in [1.82, 2.24) is 5.32 Å². The van der Waals surface area contributed by atoms with E-state index in [1.165, 1.54) is 12.1 Å². The summed E-state index contributed by atoms with van der Waals surface area (Å²) in [6.45, 7) is 6.55. The van der Waals surface area contributed by atoms with Gasteiger partial charge in [-0.1, -0.05) is 18.2 Å². The lowest BCUT2D eigenvalue weighted by molar-refractivity contribution is 0.579. The summed E-state index contributed by atoms with van der Waals surface area (Å²) >= 11 is 0. The van der Waals surface area contributed by atoms with Crippen LogP contribution in [0.1, 0.15) is 12.5 Å². The first-order valence-corrected chi connectivity index (χ1v) is 4.81. The van der Waals surface area contributed by atoms with E-state index in [2.05, 4.69) is 18.8 Å². The lowest BCUT2D eigenvalue weighted by Crippen LogP contribution is -2.27. The molecule has 1 unspecified atom stereocenters. The molecule has 0 radical (unpaired) electrons. The minimum Gasteiger partial charge on any atom is -0.310 e. The Bertz CT molecular complexity index is 279. The fourth-order valence-corrected chi connectivity index (χ4v) is 1.33. The Morgan fingerprint density at radius 3 is 2.64 bits per heavy atom. The third-order valence-electron chi connectivity index (χ3n) is 2.07. The minimum absolute atomic E-state index is 0.180. The van der Waals surface area contributed by atoms with E-state index in [9.17, 15) is 4.39 Å². The summed E-state index contributed by atoms with van der Waals surface area (Å²) in [7, 11) is 0. The molecule has 0 saturated heterocycles. The first kappa shape index (κ1) is 10.9. The van der Waals surface area contributed by atoms with E-state index in [-0.39, 0.29) is 5.82 Å². The molecule has 1 aromatic rings. The Balaban J connectivity index is 2.43. The number of nitrogens with one attached hydrogen (secondary N) is 1. The average Bonchev–Trinajstić information content (AvgIpc) is 2.18. The highest BCUT2D eigenvalue weighted by atomic mass is 19.1. The van der Waals surface area contributed by atoms with Gasteiger partial charge < -0.3 is 5.32 Å². The third kappa shape index (κ3) is 3.71. The Morgan fingerprint density at radius 1 is 1.43 bits per heavy atom. The fraction of sp³-hybridized carbons (Fsp3) is 0.333. The van der Waals surface area contributed by atoms with Crippen molar-refractivity contribution in [3.8, 4) is 0 Å². The maximum Gasteiger partial charge on any atom is 0.123 e. The van der Waals surface area contributed by atoms with E-state index in [4.69, 9.17) is 0 Å². The maximum atomic E-state index is 12.6. The SMILES string of the molecule is C=CCNC(C)Cc1ccc(F)cc1. The lowest BCUT2D eigenvalue weighted by atomic mass is 10.1. The van der Waals surface area contributed by atoms with Gasteiger partial charge in [-0.25, -0.2) is 4.39 Å². The topological polar surface area (TPSA) is 12.0 Å². The van der Waals surface area contributed by atoms with Crippen molar-refractivity contribution in [2.24, 2.45) is 0 Å². The van der Waals surface area contributed by atoms with Crippen LogP contribution in [0.15, 0.2) is 36.9 Å². The average molecular weight is 193 g/mol. The molecule has 1 rings (SSSR count). The Labute approximate surface area is 84.6 Å². The highest BCUT2D eigenvalue weighted by Gasteiger charge is 2.01. The summed E-state index contributed by atoms with van der Waals surface area (Å²) in [5.74, 6) is -0.180. The molecule has 1 aromatic carbocycles. The molecule has 1 atom stereocenters. The van der Waals surface area contributed by atoms with Gasteiger partial charge in [0, 0.05) is 12.6 Å². The van der Waals surface area contributed by atoms with E-state index >= 15 is 0 Å². The molecule has 76 valence electrons. The Morgan fingerprint density at radius 2 is 2.07 bits per heavy atom. The van der Waals surface area contributed by atoms with Crippen LogP contribution in [-0.2, 0) is 6.42 Å². The number of benzene rings is 1. The van der Waals surface area contributed by atoms with E-state index in [0.717, 1.165) is 18.5 Å². The van der Waals surface area contributed by atoms with Crippen molar-refractivity contribution < 1.29 is 4.39 Å². The van der Waals surface area contributed by atoms with Gasteiger partial charge in [0.25, 0.3) is 0 Å². The van der Waals surface area contributed by atoms with Gasteiger partial charge in [0.05, 0.1) is 0 Å². The summed E-state index contributed by atoms with van der Waals surface area (Å²) in [6, 6.07) is 7.02. The smallest absolute Gasteiger partial charge is 0.123 e. The Kier molecular flexibility index (Phi) is 4.33. The van der Waals surface area contributed by atoms with Crippen molar-refractivity contribution in [2.75, 3.05) is 6.54 Å². The van der Waals surface area contributed by atoms with Crippen molar-refractivity contribution in [3.63, 3.8) is 0 Å². The van der Waals surface area contributed by atoms with Gasteiger partial charge in [0.15, 0.2) is 0 Å². The third-order valence-corrected chi connectivity index (χ3v) is 2.07. The molecule has 0 bridgehead atoms. The largest absolute Gasteiger partial charge is 0.310 e. The lowest BCUT2D eigenvalue weighted by Gasteiger charge is -2.11. The summed E-state index contributed by atoms with van der Waals surface area (Å²) in [5.41, 5.74) is 1.15. The van der Waals surface area contributed by atoms with Crippen LogP contribution in [0.2, 0.25) is 0 Å². The van der Waals surface area contributed by atoms with E-state index < -0.39 is 0 Å². The molecule has 0 aliphatic heterocycles. The van der Waals surface area contributed by atoms with Crippen LogP contribution < -0.4 is 5.32 Å². The molecule has 0 aliphatic rings. The van der Waals surface area contributed by atoms with Crippen LogP contribution in [0.3, 0.4) is 0 Å². The van der Waals surface area contributed by atoms with Crippen LogP contribution in [0.5, 0.6) is 0 Å². The summed E-state index contributed by atoms with van der Waals surface area (Å²) in [5, 5.41) is 3.28. The van der Waals surface area contributed by atoms with Gasteiger partial charge in [-0.2, -0.15) is 0 Å². The molecule has 0 spiro atoms. The monoisotopic (exact) mass is 193 g/mol. The first-order valence-electron chi connectivity index (χ1n) is 4.81. The van der Waals surface area contributed by atoms with E-state index in [1.54, 1.807) is 0 Å². The molecule has 0 saturated carbocycles. The standard InChI is InChI=1S/C12H16FN/c1-3-8-14-10(2)9-11-4-6-12(13)7-5-11/h3-7,10,14H,1,8-9H2,2H3. The highest BCUT2D eigenvalue weighted by molar-refractivity contribution is 5.16. The van der Waals surface area contributed by atoms with Crippen LogP contribution in [-0.4, -0.2) is 12.6 Å². The van der Waals surface area contributed by atoms with Crippen molar-refractivity contribution in [1.29, 1.82) is 0 Å². The second kappa shape index (κ2) is 5.55. The zero-order valence-electron chi connectivity index (χ0n) is 8.46. The molecular weight excluding hydrogens is 177 g/mol. The van der Waals surface area contributed by atoms with Gasteiger partial charge >= 0.3 is 0 Å². The molecule has 0 aromatic heterocycles. The number of hydrogen-bond donors (Lipinski definition) is 1. The van der Waals surface area contributed by atoms with Gasteiger partial charge in [0.2, 0.25) is 0 Å². The van der Waals surface area contributed by atoms with Crippen LogP contribution in [0.4, 0.5) is 4.39 Å². The van der Waals surface area contributed by atoms with Gasteiger partial charge in [-0.15, -0.1) is 6.58 Å². The van der Waals surface area contributed by atoms with Crippen molar-refractivity contribution in [2.45, 2.75) is 19.4 Å². The Hall–Kier alpha value is -1.15.